The first kappa shape index (κ1) is 20.4. The summed E-state index contributed by atoms with van der Waals surface area (Å²) in [6, 6.07) is 8.32. The van der Waals surface area contributed by atoms with Gasteiger partial charge in [-0.15, -0.1) is 0 Å². The Morgan fingerprint density at radius 2 is 1.75 bits per heavy atom. The molecule has 2 aromatic rings. The molecule has 0 radical (unpaired) electrons. The maximum atomic E-state index is 13.8. The van der Waals surface area contributed by atoms with Crippen LogP contribution in [0.1, 0.15) is 28.9 Å². The number of morpholine rings is 1. The van der Waals surface area contributed by atoms with E-state index in [1.807, 2.05) is 0 Å². The molecule has 0 N–H and O–H groups in total. The van der Waals surface area contributed by atoms with Crippen LogP contribution in [-0.4, -0.2) is 45.0 Å². The number of benzene rings is 2. The number of ether oxygens (including phenoxy) is 2. The van der Waals surface area contributed by atoms with Crippen LogP contribution in [0.15, 0.2) is 47.4 Å². The minimum atomic E-state index is -3.66. The molecule has 0 aliphatic carbocycles. The molecular formula is C19H19F2NO5S. The minimum absolute atomic E-state index is 0.0428. The third kappa shape index (κ3) is 4.37. The van der Waals surface area contributed by atoms with Crippen LogP contribution in [0.25, 0.3) is 0 Å². The van der Waals surface area contributed by atoms with Gasteiger partial charge in [-0.3, -0.25) is 0 Å². The van der Waals surface area contributed by atoms with Gasteiger partial charge >= 0.3 is 5.97 Å². The van der Waals surface area contributed by atoms with E-state index in [2.05, 4.69) is 0 Å². The lowest BCUT2D eigenvalue weighted by molar-refractivity contribution is 0.0331. The van der Waals surface area contributed by atoms with Crippen molar-refractivity contribution in [1.29, 1.82) is 0 Å². The van der Waals surface area contributed by atoms with Crippen LogP contribution in [0.4, 0.5) is 8.78 Å². The molecule has 0 aromatic heterocycles. The number of hydrogen-bond acceptors (Lipinski definition) is 5. The minimum Gasteiger partial charge on any atom is -0.454 e. The second-order valence-electron chi connectivity index (χ2n) is 6.25. The smallest absolute Gasteiger partial charge is 0.338 e. The van der Waals surface area contributed by atoms with Crippen LogP contribution in [0.5, 0.6) is 0 Å². The molecule has 1 heterocycles. The van der Waals surface area contributed by atoms with E-state index in [4.69, 9.17) is 9.47 Å². The molecule has 2 aromatic carbocycles. The standard InChI is InChI=1S/C19H19F2NO5S/c1-13(17-7-4-15(20)12-18(17)21)27-19(23)14-2-5-16(6-3-14)28(24,25)22-8-10-26-11-9-22/h2-7,12-13H,8-11H2,1H3. The lowest BCUT2D eigenvalue weighted by Gasteiger charge is -2.26. The summed E-state index contributed by atoms with van der Waals surface area (Å²) in [6.07, 6.45) is -0.940. The second-order valence-corrected chi connectivity index (χ2v) is 8.19. The Hall–Kier alpha value is -2.36. The van der Waals surface area contributed by atoms with Gasteiger partial charge in [0, 0.05) is 24.7 Å². The van der Waals surface area contributed by atoms with E-state index in [1.54, 1.807) is 0 Å². The predicted molar refractivity (Wildman–Crippen MR) is 96.2 cm³/mol. The highest BCUT2D eigenvalue weighted by Gasteiger charge is 2.26. The summed E-state index contributed by atoms with van der Waals surface area (Å²) in [5, 5.41) is 0. The van der Waals surface area contributed by atoms with Crippen molar-refractivity contribution in [3.05, 3.63) is 65.2 Å². The zero-order valence-electron chi connectivity index (χ0n) is 15.1. The number of carbonyl (C=O) groups excluding carboxylic acids is 1. The number of rotatable bonds is 5. The zero-order chi connectivity index (χ0) is 20.3. The second kappa shape index (κ2) is 8.34. The summed E-state index contributed by atoms with van der Waals surface area (Å²) in [7, 11) is -3.66. The van der Waals surface area contributed by atoms with Gasteiger partial charge in [0.1, 0.15) is 17.7 Å². The SMILES string of the molecule is CC(OC(=O)c1ccc(S(=O)(=O)N2CCOCC2)cc1)c1ccc(F)cc1F. The quantitative estimate of drug-likeness (QED) is 0.708. The molecule has 1 aliphatic heterocycles. The van der Waals surface area contributed by atoms with Crippen molar-refractivity contribution in [1.82, 2.24) is 4.31 Å². The summed E-state index contributed by atoms with van der Waals surface area (Å²) in [4.78, 5) is 12.3. The normalized spacial score (nSPS) is 16.5. The van der Waals surface area contributed by atoms with Crippen LogP contribution in [0.2, 0.25) is 0 Å². The lowest BCUT2D eigenvalue weighted by atomic mass is 10.1. The number of halogens is 2. The summed E-state index contributed by atoms with van der Waals surface area (Å²) in [5.41, 5.74) is 0.163. The Balaban J connectivity index is 1.71. The van der Waals surface area contributed by atoms with Gasteiger partial charge in [-0.2, -0.15) is 4.31 Å². The van der Waals surface area contributed by atoms with Gasteiger partial charge in [-0.1, -0.05) is 0 Å². The highest BCUT2D eigenvalue weighted by atomic mass is 32.2. The van der Waals surface area contributed by atoms with Crippen molar-refractivity contribution in [3.8, 4) is 0 Å². The van der Waals surface area contributed by atoms with E-state index in [1.165, 1.54) is 41.6 Å². The first-order chi connectivity index (χ1) is 13.3. The topological polar surface area (TPSA) is 72.9 Å². The maximum Gasteiger partial charge on any atom is 0.338 e. The van der Waals surface area contributed by atoms with Crippen LogP contribution < -0.4 is 0 Å². The monoisotopic (exact) mass is 411 g/mol. The van der Waals surface area contributed by atoms with Crippen molar-refractivity contribution in [2.24, 2.45) is 0 Å². The average Bonchev–Trinajstić information content (AvgIpc) is 2.68. The highest BCUT2D eigenvalue weighted by Crippen LogP contribution is 2.23. The Bertz CT molecular complexity index is 957. The van der Waals surface area contributed by atoms with Crippen molar-refractivity contribution < 1.29 is 31.5 Å². The fourth-order valence-corrected chi connectivity index (χ4v) is 4.23. The molecule has 0 saturated carbocycles. The number of hydrogen-bond donors (Lipinski definition) is 0. The van der Waals surface area contributed by atoms with Crippen LogP contribution in [-0.2, 0) is 19.5 Å². The van der Waals surface area contributed by atoms with Crippen molar-refractivity contribution in [2.45, 2.75) is 17.9 Å². The van der Waals surface area contributed by atoms with E-state index < -0.39 is 33.7 Å². The molecule has 0 bridgehead atoms. The molecular weight excluding hydrogens is 392 g/mol. The van der Waals surface area contributed by atoms with Gasteiger partial charge in [0.15, 0.2) is 0 Å². The molecule has 150 valence electrons. The molecule has 0 spiro atoms. The largest absolute Gasteiger partial charge is 0.454 e. The first-order valence-electron chi connectivity index (χ1n) is 8.63. The summed E-state index contributed by atoms with van der Waals surface area (Å²) < 4.78 is 63.6. The van der Waals surface area contributed by atoms with Crippen LogP contribution >= 0.6 is 0 Å². The Morgan fingerprint density at radius 1 is 1.11 bits per heavy atom. The summed E-state index contributed by atoms with van der Waals surface area (Å²) in [5.74, 6) is -2.28. The summed E-state index contributed by atoms with van der Waals surface area (Å²) in [6.45, 7) is 2.67. The van der Waals surface area contributed by atoms with Crippen molar-refractivity contribution >= 4 is 16.0 Å². The Morgan fingerprint density at radius 3 is 2.36 bits per heavy atom. The lowest BCUT2D eigenvalue weighted by Crippen LogP contribution is -2.40. The molecule has 1 fully saturated rings. The third-order valence-corrected chi connectivity index (χ3v) is 6.29. The third-order valence-electron chi connectivity index (χ3n) is 4.38. The van der Waals surface area contributed by atoms with E-state index in [0.29, 0.717) is 19.3 Å². The van der Waals surface area contributed by atoms with E-state index in [-0.39, 0.29) is 29.1 Å². The zero-order valence-corrected chi connectivity index (χ0v) is 15.9. The first-order valence-corrected chi connectivity index (χ1v) is 10.1. The number of nitrogens with zero attached hydrogens (tertiary/aromatic N) is 1. The van der Waals surface area contributed by atoms with Crippen molar-refractivity contribution in [2.75, 3.05) is 26.3 Å². The van der Waals surface area contributed by atoms with Crippen LogP contribution in [0.3, 0.4) is 0 Å². The molecule has 1 aliphatic rings. The van der Waals surface area contributed by atoms with Gasteiger partial charge in [-0.25, -0.2) is 22.0 Å². The molecule has 1 atom stereocenters. The van der Waals surface area contributed by atoms with Gasteiger partial charge in [0.25, 0.3) is 0 Å². The Labute approximate surface area is 161 Å². The molecule has 28 heavy (non-hydrogen) atoms. The van der Waals surface area contributed by atoms with E-state index in [0.717, 1.165) is 6.07 Å². The molecule has 3 rings (SSSR count). The van der Waals surface area contributed by atoms with E-state index in [9.17, 15) is 22.0 Å². The molecule has 1 unspecified atom stereocenters. The molecule has 6 nitrogen and oxygen atoms in total. The summed E-state index contributed by atoms with van der Waals surface area (Å²) >= 11 is 0. The molecule has 9 heteroatoms. The Kier molecular flexibility index (Phi) is 6.07. The van der Waals surface area contributed by atoms with E-state index >= 15 is 0 Å². The van der Waals surface area contributed by atoms with Gasteiger partial charge < -0.3 is 9.47 Å². The molecule has 0 amide bonds. The van der Waals surface area contributed by atoms with Gasteiger partial charge in [0.2, 0.25) is 10.0 Å². The fraction of sp³-hybridized carbons (Fsp3) is 0.316. The number of esters is 1. The van der Waals surface area contributed by atoms with Gasteiger partial charge in [0.05, 0.1) is 23.7 Å². The highest BCUT2D eigenvalue weighted by molar-refractivity contribution is 7.89. The number of carbonyl (C=O) groups is 1. The molecule has 1 saturated heterocycles. The van der Waals surface area contributed by atoms with Crippen molar-refractivity contribution in [3.63, 3.8) is 0 Å². The fourth-order valence-electron chi connectivity index (χ4n) is 2.82. The maximum absolute atomic E-state index is 13.8. The number of sulfonamides is 1. The van der Waals surface area contributed by atoms with Crippen LogP contribution in [0, 0.1) is 11.6 Å². The predicted octanol–water partition coefficient (Wildman–Crippen LogP) is 2.90. The average molecular weight is 411 g/mol. The van der Waals surface area contributed by atoms with Gasteiger partial charge in [-0.05, 0) is 43.3 Å².